The summed E-state index contributed by atoms with van der Waals surface area (Å²) < 4.78 is 0. The molecule has 0 aromatic heterocycles. The predicted molar refractivity (Wildman–Crippen MR) is 74.5 cm³/mol. The van der Waals surface area contributed by atoms with Crippen LogP contribution in [0.2, 0.25) is 0 Å². The van der Waals surface area contributed by atoms with Crippen molar-refractivity contribution < 1.29 is 14.7 Å². The fraction of sp³-hybridized carbons (Fsp3) is 0.533. The molecule has 4 nitrogen and oxygen atoms in total. The molecule has 2 N–H and O–H groups in total. The smallest absolute Gasteiger partial charge is 0.305 e. The van der Waals surface area contributed by atoms with Gasteiger partial charge in [-0.05, 0) is 17.9 Å². The van der Waals surface area contributed by atoms with Crippen LogP contribution in [0.5, 0.6) is 0 Å². The van der Waals surface area contributed by atoms with Crippen LogP contribution >= 0.6 is 0 Å². The van der Waals surface area contributed by atoms with E-state index < -0.39 is 5.97 Å². The Kier molecular flexibility index (Phi) is 7.15. The molecule has 0 spiro atoms. The first-order valence-electron chi connectivity index (χ1n) is 6.74. The number of nitrogens with one attached hydrogen (secondary N) is 1. The molecule has 1 aromatic rings. The van der Waals surface area contributed by atoms with Gasteiger partial charge in [-0.2, -0.15) is 5.48 Å². The van der Waals surface area contributed by atoms with Crippen molar-refractivity contribution in [3.8, 4) is 0 Å². The molecule has 0 unspecified atom stereocenters. The molecule has 1 rings (SSSR count). The van der Waals surface area contributed by atoms with Gasteiger partial charge in [0.1, 0.15) is 0 Å². The highest BCUT2D eigenvalue weighted by Crippen LogP contribution is 2.12. The molecule has 0 saturated carbocycles. The van der Waals surface area contributed by atoms with Gasteiger partial charge >= 0.3 is 5.97 Å². The van der Waals surface area contributed by atoms with Crippen LogP contribution in [-0.4, -0.2) is 17.1 Å². The minimum absolute atomic E-state index is 0.0825. The van der Waals surface area contributed by atoms with Crippen molar-refractivity contribution in [1.82, 2.24) is 5.48 Å². The van der Waals surface area contributed by atoms with E-state index in [1.54, 1.807) is 0 Å². The summed E-state index contributed by atoms with van der Waals surface area (Å²) in [5.74, 6) is -0.318. The number of hydrogen-bond donors (Lipinski definition) is 2. The standard InChI is InChI=1S/C15H23NO3/c1-3-12(2)9-14(10-15(17)18)16-19-11-13-7-5-4-6-8-13/h4-8,12,14,16H,3,9-11H2,1-2H3,(H,17,18)/t12-,14+/m1/s1. The molecule has 106 valence electrons. The Balaban J connectivity index is 2.37. The van der Waals surface area contributed by atoms with E-state index in [9.17, 15) is 4.79 Å². The third-order valence-electron chi connectivity index (χ3n) is 3.14. The van der Waals surface area contributed by atoms with E-state index in [4.69, 9.17) is 9.94 Å². The summed E-state index contributed by atoms with van der Waals surface area (Å²) in [7, 11) is 0. The van der Waals surface area contributed by atoms with Crippen LogP contribution < -0.4 is 5.48 Å². The van der Waals surface area contributed by atoms with Gasteiger partial charge in [0, 0.05) is 6.04 Å². The van der Waals surface area contributed by atoms with E-state index in [0.717, 1.165) is 18.4 Å². The summed E-state index contributed by atoms with van der Waals surface area (Å²) in [6.07, 6.45) is 1.92. The average Bonchev–Trinajstić information content (AvgIpc) is 2.39. The maximum atomic E-state index is 10.8. The molecular weight excluding hydrogens is 242 g/mol. The van der Waals surface area contributed by atoms with Gasteiger partial charge in [-0.3, -0.25) is 9.63 Å². The van der Waals surface area contributed by atoms with Gasteiger partial charge in [0.25, 0.3) is 0 Å². The number of hydroxylamine groups is 1. The van der Waals surface area contributed by atoms with Crippen LogP contribution in [0.3, 0.4) is 0 Å². The lowest BCUT2D eigenvalue weighted by Gasteiger charge is -2.19. The maximum Gasteiger partial charge on any atom is 0.305 e. The van der Waals surface area contributed by atoms with Crippen LogP contribution in [0.1, 0.15) is 38.7 Å². The third-order valence-corrected chi connectivity index (χ3v) is 3.14. The zero-order valence-electron chi connectivity index (χ0n) is 11.6. The first-order valence-corrected chi connectivity index (χ1v) is 6.74. The molecule has 0 radical (unpaired) electrons. The lowest BCUT2D eigenvalue weighted by Crippen LogP contribution is -2.33. The SMILES string of the molecule is CC[C@@H](C)C[C@@H](CC(=O)O)NOCc1ccccc1. The van der Waals surface area contributed by atoms with Gasteiger partial charge in [-0.25, -0.2) is 0 Å². The first kappa shape index (κ1) is 15.7. The topological polar surface area (TPSA) is 58.6 Å². The van der Waals surface area contributed by atoms with Crippen molar-refractivity contribution in [2.45, 2.75) is 45.8 Å². The molecule has 2 atom stereocenters. The van der Waals surface area contributed by atoms with E-state index in [2.05, 4.69) is 19.3 Å². The minimum Gasteiger partial charge on any atom is -0.481 e. The Morgan fingerprint density at radius 3 is 2.63 bits per heavy atom. The van der Waals surface area contributed by atoms with Crippen molar-refractivity contribution in [3.63, 3.8) is 0 Å². The zero-order valence-corrected chi connectivity index (χ0v) is 11.6. The highest BCUT2D eigenvalue weighted by atomic mass is 16.6. The second-order valence-electron chi connectivity index (χ2n) is 4.94. The van der Waals surface area contributed by atoms with E-state index in [-0.39, 0.29) is 12.5 Å². The van der Waals surface area contributed by atoms with E-state index in [0.29, 0.717) is 12.5 Å². The number of hydrogen-bond acceptors (Lipinski definition) is 3. The quantitative estimate of drug-likeness (QED) is 0.674. The summed E-state index contributed by atoms with van der Waals surface area (Å²) in [5, 5.41) is 8.89. The molecule has 0 aliphatic rings. The fourth-order valence-corrected chi connectivity index (χ4v) is 1.85. The highest BCUT2D eigenvalue weighted by Gasteiger charge is 2.16. The lowest BCUT2D eigenvalue weighted by molar-refractivity contribution is -0.139. The number of carboxylic acid groups (broad SMARTS) is 1. The largest absolute Gasteiger partial charge is 0.481 e. The van der Waals surface area contributed by atoms with Crippen LogP contribution in [0, 0.1) is 5.92 Å². The van der Waals surface area contributed by atoms with E-state index in [1.165, 1.54) is 0 Å². The summed E-state index contributed by atoms with van der Waals surface area (Å²) in [6.45, 7) is 4.67. The molecule has 0 saturated heterocycles. The zero-order chi connectivity index (χ0) is 14.1. The van der Waals surface area contributed by atoms with Crippen LogP contribution in [0.4, 0.5) is 0 Å². The van der Waals surface area contributed by atoms with Crippen molar-refractivity contribution in [2.75, 3.05) is 0 Å². The van der Waals surface area contributed by atoms with Gasteiger partial charge < -0.3 is 5.11 Å². The molecule has 0 aliphatic carbocycles. The molecular formula is C15H23NO3. The second kappa shape index (κ2) is 8.67. The monoisotopic (exact) mass is 265 g/mol. The van der Waals surface area contributed by atoms with Gasteiger partial charge in [0.15, 0.2) is 0 Å². The molecule has 0 heterocycles. The number of carbonyl (C=O) groups is 1. The van der Waals surface area contributed by atoms with Crippen molar-refractivity contribution in [1.29, 1.82) is 0 Å². The minimum atomic E-state index is -0.802. The van der Waals surface area contributed by atoms with Gasteiger partial charge in [0.05, 0.1) is 13.0 Å². The van der Waals surface area contributed by atoms with Crippen molar-refractivity contribution in [2.24, 2.45) is 5.92 Å². The van der Waals surface area contributed by atoms with Gasteiger partial charge in [-0.15, -0.1) is 0 Å². The van der Waals surface area contributed by atoms with Crippen LogP contribution in [0.25, 0.3) is 0 Å². The normalized spacial score (nSPS) is 14.0. The predicted octanol–water partition coefficient (Wildman–Crippen LogP) is 2.99. The molecule has 1 aromatic carbocycles. The number of rotatable bonds is 9. The third kappa shape index (κ3) is 6.94. The van der Waals surface area contributed by atoms with Crippen LogP contribution in [-0.2, 0) is 16.2 Å². The summed E-state index contributed by atoms with van der Waals surface area (Å²) in [4.78, 5) is 16.2. The maximum absolute atomic E-state index is 10.8. The highest BCUT2D eigenvalue weighted by molar-refractivity contribution is 5.67. The number of aliphatic carboxylic acids is 1. The molecule has 0 amide bonds. The van der Waals surface area contributed by atoms with E-state index in [1.807, 2.05) is 30.3 Å². The Morgan fingerprint density at radius 2 is 2.05 bits per heavy atom. The number of carboxylic acids is 1. The molecule has 19 heavy (non-hydrogen) atoms. The fourth-order valence-electron chi connectivity index (χ4n) is 1.85. The second-order valence-corrected chi connectivity index (χ2v) is 4.94. The summed E-state index contributed by atoms with van der Waals surface area (Å²) in [6, 6.07) is 9.66. The Bertz CT molecular complexity index is 367. The van der Waals surface area contributed by atoms with Gasteiger partial charge in [0.2, 0.25) is 0 Å². The Labute approximate surface area is 114 Å². The van der Waals surface area contributed by atoms with E-state index >= 15 is 0 Å². The lowest BCUT2D eigenvalue weighted by atomic mass is 9.98. The Morgan fingerprint density at radius 1 is 1.37 bits per heavy atom. The molecule has 0 fully saturated rings. The average molecular weight is 265 g/mol. The van der Waals surface area contributed by atoms with Crippen LogP contribution in [0.15, 0.2) is 30.3 Å². The summed E-state index contributed by atoms with van der Waals surface area (Å²) >= 11 is 0. The first-order chi connectivity index (χ1) is 9.11. The van der Waals surface area contributed by atoms with Crippen molar-refractivity contribution in [3.05, 3.63) is 35.9 Å². The Hall–Kier alpha value is -1.39. The molecule has 0 bridgehead atoms. The molecule has 0 aliphatic heterocycles. The van der Waals surface area contributed by atoms with Crippen molar-refractivity contribution >= 4 is 5.97 Å². The molecule has 4 heteroatoms. The number of benzene rings is 1. The van der Waals surface area contributed by atoms with Gasteiger partial charge in [-0.1, -0.05) is 50.6 Å². The summed E-state index contributed by atoms with van der Waals surface area (Å²) in [5.41, 5.74) is 3.95.